The van der Waals surface area contributed by atoms with Gasteiger partial charge in [0.1, 0.15) is 0 Å². The molecular formula is C15H15N5O3. The van der Waals surface area contributed by atoms with E-state index in [0.717, 1.165) is 0 Å². The zero-order valence-electron chi connectivity index (χ0n) is 12.5. The summed E-state index contributed by atoms with van der Waals surface area (Å²) in [6.07, 6.45) is 1.67. The molecule has 0 bridgehead atoms. The van der Waals surface area contributed by atoms with Gasteiger partial charge in [-0.05, 0) is 25.1 Å². The summed E-state index contributed by atoms with van der Waals surface area (Å²) in [7, 11) is 0. The Kier molecular flexibility index (Phi) is 3.80. The molecule has 0 aliphatic carbocycles. The van der Waals surface area contributed by atoms with Gasteiger partial charge in [-0.25, -0.2) is 9.48 Å². The summed E-state index contributed by atoms with van der Waals surface area (Å²) in [4.78, 5) is 22.7. The van der Waals surface area contributed by atoms with Gasteiger partial charge in [0.05, 0.1) is 11.5 Å². The molecule has 8 nitrogen and oxygen atoms in total. The lowest BCUT2D eigenvalue weighted by Gasteiger charge is -2.09. The maximum atomic E-state index is 12.1. The molecule has 0 atom stereocenters. The van der Waals surface area contributed by atoms with E-state index in [-0.39, 0.29) is 11.4 Å². The SMILES string of the molecule is Cc1c(NCCn2nc3ccccn3c2=O)cccc1[N+](=O)[O-]. The number of pyridine rings is 1. The van der Waals surface area contributed by atoms with Crippen molar-refractivity contribution in [2.75, 3.05) is 11.9 Å². The Hall–Kier alpha value is -3.16. The largest absolute Gasteiger partial charge is 0.383 e. The van der Waals surface area contributed by atoms with E-state index >= 15 is 0 Å². The van der Waals surface area contributed by atoms with E-state index in [2.05, 4.69) is 10.4 Å². The first-order chi connectivity index (χ1) is 11.1. The molecule has 2 heterocycles. The highest BCUT2D eigenvalue weighted by Crippen LogP contribution is 2.24. The van der Waals surface area contributed by atoms with Crippen molar-refractivity contribution in [2.45, 2.75) is 13.5 Å². The van der Waals surface area contributed by atoms with Crippen LogP contribution in [0, 0.1) is 17.0 Å². The minimum Gasteiger partial charge on any atom is -0.383 e. The van der Waals surface area contributed by atoms with Crippen molar-refractivity contribution in [1.82, 2.24) is 14.2 Å². The van der Waals surface area contributed by atoms with Gasteiger partial charge >= 0.3 is 5.69 Å². The predicted octanol–water partition coefficient (Wildman–Crippen LogP) is 1.82. The second-order valence-corrected chi connectivity index (χ2v) is 5.07. The maximum absolute atomic E-state index is 12.1. The second-order valence-electron chi connectivity index (χ2n) is 5.07. The first-order valence-electron chi connectivity index (χ1n) is 7.10. The zero-order valence-corrected chi connectivity index (χ0v) is 12.5. The van der Waals surface area contributed by atoms with Crippen LogP contribution in [-0.4, -0.2) is 25.6 Å². The van der Waals surface area contributed by atoms with Gasteiger partial charge in [-0.1, -0.05) is 12.1 Å². The number of benzene rings is 1. The molecule has 1 aromatic carbocycles. The molecule has 2 aromatic heterocycles. The number of hydrogen-bond acceptors (Lipinski definition) is 5. The Labute approximate surface area is 131 Å². The van der Waals surface area contributed by atoms with Crippen LogP contribution in [0.1, 0.15) is 5.56 Å². The summed E-state index contributed by atoms with van der Waals surface area (Å²) >= 11 is 0. The van der Waals surface area contributed by atoms with Gasteiger partial charge in [-0.3, -0.25) is 14.5 Å². The van der Waals surface area contributed by atoms with E-state index in [0.29, 0.717) is 30.0 Å². The molecule has 0 aliphatic rings. The summed E-state index contributed by atoms with van der Waals surface area (Å²) in [6.45, 7) is 2.49. The van der Waals surface area contributed by atoms with Gasteiger partial charge in [0, 0.05) is 30.1 Å². The van der Waals surface area contributed by atoms with E-state index in [1.54, 1.807) is 37.4 Å². The Bertz CT molecular complexity index is 928. The normalized spacial score (nSPS) is 10.8. The Balaban J connectivity index is 1.74. The molecule has 8 heteroatoms. The van der Waals surface area contributed by atoms with Crippen LogP contribution in [-0.2, 0) is 6.54 Å². The number of nitro groups is 1. The lowest BCUT2D eigenvalue weighted by molar-refractivity contribution is -0.385. The molecule has 3 aromatic rings. The molecule has 0 saturated heterocycles. The third-order valence-corrected chi connectivity index (χ3v) is 3.63. The van der Waals surface area contributed by atoms with Gasteiger partial charge < -0.3 is 5.32 Å². The molecule has 0 fully saturated rings. The summed E-state index contributed by atoms with van der Waals surface area (Å²) in [6, 6.07) is 10.2. The molecule has 23 heavy (non-hydrogen) atoms. The highest BCUT2D eigenvalue weighted by atomic mass is 16.6. The van der Waals surface area contributed by atoms with Gasteiger partial charge in [-0.15, -0.1) is 5.10 Å². The van der Waals surface area contributed by atoms with Crippen LogP contribution in [0.4, 0.5) is 11.4 Å². The average Bonchev–Trinajstić information content (AvgIpc) is 2.85. The number of rotatable bonds is 5. The summed E-state index contributed by atoms with van der Waals surface area (Å²) in [5, 5.41) is 18.3. The number of nitrogens with zero attached hydrogens (tertiary/aromatic N) is 4. The molecular weight excluding hydrogens is 298 g/mol. The summed E-state index contributed by atoms with van der Waals surface area (Å²) in [5.74, 6) is 0. The minimum absolute atomic E-state index is 0.0693. The molecule has 0 spiro atoms. The number of fused-ring (bicyclic) bond motifs is 1. The Morgan fingerprint density at radius 2 is 2.09 bits per heavy atom. The fraction of sp³-hybridized carbons (Fsp3) is 0.200. The van der Waals surface area contributed by atoms with Crippen LogP contribution < -0.4 is 11.0 Å². The summed E-state index contributed by atoms with van der Waals surface area (Å²) in [5.41, 5.74) is 1.69. The van der Waals surface area contributed by atoms with E-state index in [9.17, 15) is 14.9 Å². The predicted molar refractivity (Wildman–Crippen MR) is 85.8 cm³/mol. The lowest BCUT2D eigenvalue weighted by Crippen LogP contribution is -2.24. The smallest absolute Gasteiger partial charge is 0.350 e. The topological polar surface area (TPSA) is 94.5 Å². The molecule has 0 unspecified atom stereocenters. The molecule has 0 radical (unpaired) electrons. The quantitative estimate of drug-likeness (QED) is 0.573. The number of aromatic nitrogens is 3. The number of nitrogens with one attached hydrogen (secondary N) is 1. The van der Waals surface area contributed by atoms with Crippen molar-refractivity contribution in [2.24, 2.45) is 0 Å². The van der Waals surface area contributed by atoms with E-state index in [4.69, 9.17) is 0 Å². The Morgan fingerprint density at radius 1 is 1.26 bits per heavy atom. The molecule has 0 amide bonds. The second kappa shape index (κ2) is 5.91. The molecule has 118 valence electrons. The summed E-state index contributed by atoms with van der Waals surface area (Å²) < 4.78 is 2.84. The highest BCUT2D eigenvalue weighted by molar-refractivity contribution is 5.59. The van der Waals surface area contributed by atoms with Crippen LogP contribution in [0.3, 0.4) is 0 Å². The molecule has 1 N–H and O–H groups in total. The van der Waals surface area contributed by atoms with Gasteiger partial charge in [0.15, 0.2) is 5.65 Å². The molecule has 0 aliphatic heterocycles. The van der Waals surface area contributed by atoms with E-state index in [1.807, 2.05) is 6.07 Å². The Morgan fingerprint density at radius 3 is 2.83 bits per heavy atom. The standard InChI is InChI=1S/C15H15N5O3/c1-11-12(5-4-6-13(11)20(22)23)16-8-10-19-15(21)18-9-3-2-7-14(18)17-19/h2-7,9,16H,8,10H2,1H3. The lowest BCUT2D eigenvalue weighted by atomic mass is 10.1. The van der Waals surface area contributed by atoms with Crippen molar-refractivity contribution in [1.29, 1.82) is 0 Å². The maximum Gasteiger partial charge on any atom is 0.350 e. The molecule has 3 rings (SSSR count). The number of anilines is 1. The van der Waals surface area contributed by atoms with Crippen molar-refractivity contribution >= 4 is 17.0 Å². The van der Waals surface area contributed by atoms with E-state index in [1.165, 1.54) is 15.1 Å². The van der Waals surface area contributed by atoms with Gasteiger partial charge in [-0.2, -0.15) is 0 Å². The van der Waals surface area contributed by atoms with Crippen LogP contribution in [0.25, 0.3) is 5.65 Å². The highest BCUT2D eigenvalue weighted by Gasteiger charge is 2.13. The van der Waals surface area contributed by atoms with Crippen molar-refractivity contribution in [3.8, 4) is 0 Å². The van der Waals surface area contributed by atoms with Crippen LogP contribution >= 0.6 is 0 Å². The first kappa shape index (κ1) is 14.8. The van der Waals surface area contributed by atoms with E-state index < -0.39 is 4.92 Å². The van der Waals surface area contributed by atoms with Crippen molar-refractivity contribution in [3.05, 3.63) is 68.8 Å². The fourth-order valence-electron chi connectivity index (χ4n) is 2.42. The van der Waals surface area contributed by atoms with Gasteiger partial charge in [0.25, 0.3) is 5.69 Å². The van der Waals surface area contributed by atoms with Crippen LogP contribution in [0.15, 0.2) is 47.4 Å². The monoisotopic (exact) mass is 313 g/mol. The third kappa shape index (κ3) is 2.78. The van der Waals surface area contributed by atoms with Crippen LogP contribution in [0.2, 0.25) is 0 Å². The average molecular weight is 313 g/mol. The fourth-order valence-corrected chi connectivity index (χ4v) is 2.42. The third-order valence-electron chi connectivity index (χ3n) is 3.63. The van der Waals surface area contributed by atoms with Crippen LogP contribution in [0.5, 0.6) is 0 Å². The van der Waals surface area contributed by atoms with Crippen molar-refractivity contribution in [3.63, 3.8) is 0 Å². The minimum atomic E-state index is -0.410. The number of hydrogen-bond donors (Lipinski definition) is 1. The van der Waals surface area contributed by atoms with Crippen molar-refractivity contribution < 1.29 is 4.92 Å². The first-order valence-corrected chi connectivity index (χ1v) is 7.10. The zero-order chi connectivity index (χ0) is 16.4. The number of nitro benzene ring substituents is 1. The van der Waals surface area contributed by atoms with Gasteiger partial charge in [0.2, 0.25) is 0 Å². The molecule has 0 saturated carbocycles.